The minimum Gasteiger partial charge on any atom is -0.0561 e. The van der Waals surface area contributed by atoms with Crippen molar-refractivity contribution < 1.29 is 24.1 Å². The number of ether oxygens (including phenoxy) is 1. The van der Waals surface area contributed by atoms with E-state index in [1.807, 2.05) is 6.20 Å². The fourth-order valence-electron chi connectivity index (χ4n) is 13.2. The average Bonchev–Trinajstić information content (AvgIpc) is 0.790. The van der Waals surface area contributed by atoms with Crippen LogP contribution in [0.4, 0.5) is 34.3 Å². The smallest absolute Gasteiger partial charge is 0.0131 e. The average molecular weight is 1340 g/mol. The summed E-state index contributed by atoms with van der Waals surface area (Å²) in [6.07, 6.45) is 1.97. The molecule has 4 heterocycles. The standard InChI is InChI=1S/C81H81N5O.Pt/c1-76(2,3)55-40-41-82-75(49-55)86-71-35-24-21-32-67(71)81(65-30-19-22-33-69(65)85(70-34-23-20-31-66(70)81)62-47-58(79(10,11)12)44-59(48-62)80(13,14)15)68-38-37-64(51-73(68)86)87-63-29-25-28-60(50-63)83-52-84(61-45-56(77(4,5)6)43-57(46-61)78(7,8)9)74-42-54(36-39-72(74)83)53-26-17-16-18-27-53;/h16-51H,1-15H3;. The number of rotatable bonds is 7. The Bertz CT molecular complexity index is 4490. The number of aromatic nitrogens is 3. The number of nitrogens with zero attached hydrogens (tertiary/aromatic N) is 5. The van der Waals surface area contributed by atoms with Gasteiger partial charge in [-0.05, 0) is 63.3 Å². The van der Waals surface area contributed by atoms with E-state index < -0.39 is 5.41 Å². The molecule has 2 aliphatic rings. The molecule has 0 atom stereocenters. The second-order valence-corrected chi connectivity index (χ2v) is 30.4. The van der Waals surface area contributed by atoms with E-state index in [1.165, 1.54) is 55.6 Å². The molecule has 0 fully saturated rings. The molecular formula is C81H81N5OPt. The van der Waals surface area contributed by atoms with E-state index >= 15 is 0 Å². The van der Waals surface area contributed by atoms with Crippen molar-refractivity contribution in [1.82, 2.24) is 14.1 Å². The van der Waals surface area contributed by atoms with E-state index in [2.05, 4.69) is 354 Å². The number of imidazole rings is 1. The van der Waals surface area contributed by atoms with E-state index in [0.29, 0.717) is 0 Å². The van der Waals surface area contributed by atoms with Crippen molar-refractivity contribution in [3.8, 4) is 34.0 Å². The van der Waals surface area contributed by atoms with Gasteiger partial charge in [0.1, 0.15) is 0 Å². The van der Waals surface area contributed by atoms with Gasteiger partial charge in [-0.15, -0.1) is 0 Å². The molecule has 7 heteroatoms. The molecule has 6 nitrogen and oxygen atoms in total. The first-order valence-corrected chi connectivity index (χ1v) is 32.2. The van der Waals surface area contributed by atoms with Gasteiger partial charge in [-0.2, -0.15) is 0 Å². The van der Waals surface area contributed by atoms with Gasteiger partial charge in [-0.3, -0.25) is 0 Å². The van der Waals surface area contributed by atoms with E-state index in [0.717, 1.165) is 77.5 Å². The zero-order valence-corrected chi connectivity index (χ0v) is 56.0. The van der Waals surface area contributed by atoms with Crippen molar-refractivity contribution in [3.05, 3.63) is 272 Å². The molecule has 11 aromatic rings. The Morgan fingerprint density at radius 3 is 1.36 bits per heavy atom. The van der Waals surface area contributed by atoms with Crippen molar-refractivity contribution >= 4 is 45.3 Å². The van der Waals surface area contributed by atoms with Gasteiger partial charge in [0.2, 0.25) is 0 Å². The molecule has 0 bridgehead atoms. The molecule has 0 N–H and O–H groups in total. The zero-order chi connectivity index (χ0) is 62.0. The van der Waals surface area contributed by atoms with Crippen LogP contribution in [0.5, 0.6) is 11.5 Å². The molecule has 2 aromatic heterocycles. The summed E-state index contributed by atoms with van der Waals surface area (Å²) < 4.78 is 13.2. The third-order valence-electron chi connectivity index (χ3n) is 18.1. The predicted octanol–water partition coefficient (Wildman–Crippen LogP) is 21.8. The van der Waals surface area contributed by atoms with Crippen LogP contribution in [0.3, 0.4) is 0 Å². The fraction of sp³-hybridized carbons (Fsp3) is 0.259. The quantitative estimate of drug-likeness (QED) is 0.159. The SMILES string of the molecule is CC(C)(C)c1cc(N2c3ccccc3C3(c4ccccc42)c2ccccc2N(c2cc(C(C)(C)C)ccn2)c2cc(Oc4cccc(-n5[c](=[Pt])n(-c6cc(C(C)(C)C)cc(C(C)(C)C)c6)c6cc(-c7ccccc7)ccc65)c4)ccc23)cc(C(C)(C)C)c1. The monoisotopic (exact) mass is 1330 g/mol. The van der Waals surface area contributed by atoms with Crippen molar-refractivity contribution in [3.63, 3.8) is 0 Å². The fourth-order valence-corrected chi connectivity index (χ4v) is 14.3. The van der Waals surface area contributed by atoms with Gasteiger partial charge in [0.15, 0.2) is 0 Å². The minimum absolute atomic E-state index is 0.0610. The third kappa shape index (κ3) is 10.1. The van der Waals surface area contributed by atoms with E-state index in [1.54, 1.807) is 0 Å². The van der Waals surface area contributed by atoms with Crippen LogP contribution in [-0.2, 0) is 51.8 Å². The molecule has 88 heavy (non-hydrogen) atoms. The van der Waals surface area contributed by atoms with Gasteiger partial charge in [0.05, 0.1) is 11.4 Å². The Morgan fingerprint density at radius 2 is 0.818 bits per heavy atom. The van der Waals surface area contributed by atoms with Crippen molar-refractivity contribution in [1.29, 1.82) is 0 Å². The van der Waals surface area contributed by atoms with Gasteiger partial charge in [-0.25, -0.2) is 0 Å². The Hall–Kier alpha value is -8.31. The molecular weight excluding hydrogens is 1250 g/mol. The van der Waals surface area contributed by atoms with Gasteiger partial charge in [0.25, 0.3) is 0 Å². The molecule has 1 spiro atoms. The molecule has 0 saturated carbocycles. The number of fused-ring (bicyclic) bond motifs is 9. The maximum absolute atomic E-state index is 7.27. The van der Waals surface area contributed by atoms with E-state index in [-0.39, 0.29) is 27.1 Å². The second-order valence-electron chi connectivity index (χ2n) is 29.4. The minimum atomic E-state index is -0.761. The molecule has 0 amide bonds. The summed E-state index contributed by atoms with van der Waals surface area (Å²) >= 11 is 2.55. The second kappa shape index (κ2) is 21.2. The summed E-state index contributed by atoms with van der Waals surface area (Å²) in [5, 5.41) is 0. The Balaban J connectivity index is 1.01. The maximum Gasteiger partial charge on any atom is -0.0131 e. The maximum atomic E-state index is 7.27. The van der Waals surface area contributed by atoms with Crippen LogP contribution in [0.2, 0.25) is 0 Å². The number of benzene rings is 9. The van der Waals surface area contributed by atoms with Crippen LogP contribution in [0.25, 0.3) is 33.5 Å². The van der Waals surface area contributed by atoms with Crippen LogP contribution in [-0.4, -0.2) is 14.1 Å². The largest absolute Gasteiger partial charge is 0.0561 e. The first kappa shape index (κ1) is 58.7. The topological polar surface area (TPSA) is 38.5 Å². The summed E-state index contributed by atoms with van der Waals surface area (Å²) in [5.41, 5.74) is 22.3. The predicted molar refractivity (Wildman–Crippen MR) is 364 cm³/mol. The van der Waals surface area contributed by atoms with E-state index in [4.69, 9.17) is 9.72 Å². The molecule has 0 unspecified atom stereocenters. The Morgan fingerprint density at radius 1 is 0.341 bits per heavy atom. The molecule has 446 valence electrons. The Labute approximate surface area is 532 Å². The molecule has 0 saturated heterocycles. The van der Waals surface area contributed by atoms with Gasteiger partial charge < -0.3 is 4.90 Å². The summed E-state index contributed by atoms with van der Waals surface area (Å²) in [4.78, 5) is 10.2. The normalized spacial score (nSPS) is 14.0. The van der Waals surface area contributed by atoms with Gasteiger partial charge in [-0.1, -0.05) is 123 Å². The van der Waals surface area contributed by atoms with Crippen LogP contribution in [0, 0.1) is 3.80 Å². The molecule has 9 aromatic carbocycles. The first-order valence-electron chi connectivity index (χ1n) is 31.1. The molecule has 0 radical (unpaired) electrons. The van der Waals surface area contributed by atoms with Gasteiger partial charge in [0, 0.05) is 11.9 Å². The van der Waals surface area contributed by atoms with Crippen molar-refractivity contribution in [2.45, 2.75) is 136 Å². The first-order chi connectivity index (χ1) is 41.7. The third-order valence-corrected chi connectivity index (χ3v) is 19.2. The van der Waals surface area contributed by atoms with Crippen molar-refractivity contribution in [2.75, 3.05) is 9.80 Å². The van der Waals surface area contributed by atoms with Crippen LogP contribution >= 0.6 is 0 Å². The summed E-state index contributed by atoms with van der Waals surface area (Å²) in [6.45, 7) is 34.6. The number of hydrogen-bond acceptors (Lipinski definition) is 4. The Kier molecular flexibility index (Phi) is 14.1. The van der Waals surface area contributed by atoms with Gasteiger partial charge >= 0.3 is 322 Å². The van der Waals surface area contributed by atoms with Crippen LogP contribution < -0.4 is 14.5 Å². The van der Waals surface area contributed by atoms with Crippen LogP contribution in [0.1, 0.15) is 154 Å². The zero-order valence-electron chi connectivity index (χ0n) is 53.7. The summed E-state index contributed by atoms with van der Waals surface area (Å²) in [6, 6.07) is 79.1. The number of pyridine rings is 1. The molecule has 2 aliphatic heterocycles. The van der Waals surface area contributed by atoms with E-state index in [9.17, 15) is 0 Å². The molecule has 0 aliphatic carbocycles. The van der Waals surface area contributed by atoms with Crippen LogP contribution in [0.15, 0.2) is 219 Å². The number of para-hydroxylation sites is 3. The molecule has 13 rings (SSSR count). The summed E-state index contributed by atoms with van der Waals surface area (Å²) in [7, 11) is 0. The summed E-state index contributed by atoms with van der Waals surface area (Å²) in [5.74, 6) is 2.30. The van der Waals surface area contributed by atoms with Crippen molar-refractivity contribution in [2.24, 2.45) is 0 Å². The number of anilines is 6. The number of hydrogen-bond donors (Lipinski definition) is 0.